The summed E-state index contributed by atoms with van der Waals surface area (Å²) in [6.07, 6.45) is -3.12. The first-order chi connectivity index (χ1) is 15.3. The van der Waals surface area contributed by atoms with Crippen molar-refractivity contribution in [3.63, 3.8) is 0 Å². The number of benzene rings is 2. The molecule has 32 heavy (non-hydrogen) atoms. The van der Waals surface area contributed by atoms with Crippen molar-refractivity contribution in [2.75, 3.05) is 13.1 Å². The van der Waals surface area contributed by atoms with E-state index in [1.807, 2.05) is 30.3 Å². The molecule has 0 aliphatic carbocycles. The van der Waals surface area contributed by atoms with Gasteiger partial charge in [0.25, 0.3) is 5.91 Å². The average molecular weight is 442 g/mol. The third-order valence-electron chi connectivity index (χ3n) is 5.63. The SMILES string of the molecule is O=C(NCc1ccccc1)C1CN(C(=O)c2ccco2)CC1c1cccc(C(F)(F)F)c1. The monoisotopic (exact) mass is 442 g/mol. The van der Waals surface area contributed by atoms with Crippen LogP contribution in [0.15, 0.2) is 77.4 Å². The van der Waals surface area contributed by atoms with Gasteiger partial charge in [-0.05, 0) is 29.3 Å². The summed E-state index contributed by atoms with van der Waals surface area (Å²) >= 11 is 0. The highest BCUT2D eigenvalue weighted by atomic mass is 19.4. The number of amides is 2. The Bertz CT molecular complexity index is 1080. The smallest absolute Gasteiger partial charge is 0.416 e. The molecule has 1 aromatic heterocycles. The first-order valence-corrected chi connectivity index (χ1v) is 10.1. The van der Waals surface area contributed by atoms with Gasteiger partial charge in [0, 0.05) is 25.6 Å². The van der Waals surface area contributed by atoms with E-state index in [4.69, 9.17) is 4.42 Å². The lowest BCUT2D eigenvalue weighted by Crippen LogP contribution is -2.35. The Balaban J connectivity index is 1.58. The Kier molecular flexibility index (Phi) is 6.03. The van der Waals surface area contributed by atoms with Crippen LogP contribution in [-0.4, -0.2) is 29.8 Å². The van der Waals surface area contributed by atoms with Gasteiger partial charge in [0.15, 0.2) is 5.76 Å². The number of hydrogen-bond acceptors (Lipinski definition) is 3. The van der Waals surface area contributed by atoms with Crippen LogP contribution in [-0.2, 0) is 17.5 Å². The molecule has 0 bridgehead atoms. The highest BCUT2D eigenvalue weighted by Crippen LogP contribution is 2.37. The number of furan rings is 1. The summed E-state index contributed by atoms with van der Waals surface area (Å²) in [5.74, 6) is -1.86. The molecule has 0 spiro atoms. The summed E-state index contributed by atoms with van der Waals surface area (Å²) in [6.45, 7) is 0.489. The molecule has 0 saturated carbocycles. The number of alkyl halides is 3. The third-order valence-corrected chi connectivity index (χ3v) is 5.63. The fraction of sp³-hybridized carbons (Fsp3) is 0.250. The largest absolute Gasteiger partial charge is 0.459 e. The zero-order valence-electron chi connectivity index (χ0n) is 17.0. The lowest BCUT2D eigenvalue weighted by Gasteiger charge is -2.19. The van der Waals surface area contributed by atoms with Crippen LogP contribution in [0.25, 0.3) is 0 Å². The van der Waals surface area contributed by atoms with Crippen LogP contribution >= 0.6 is 0 Å². The van der Waals surface area contributed by atoms with Gasteiger partial charge < -0.3 is 14.6 Å². The van der Waals surface area contributed by atoms with Gasteiger partial charge in [0.2, 0.25) is 5.91 Å². The van der Waals surface area contributed by atoms with E-state index in [-0.39, 0.29) is 31.3 Å². The topological polar surface area (TPSA) is 62.6 Å². The van der Waals surface area contributed by atoms with Gasteiger partial charge in [0.05, 0.1) is 17.7 Å². The zero-order chi connectivity index (χ0) is 22.7. The molecule has 1 fully saturated rings. The minimum Gasteiger partial charge on any atom is -0.459 e. The minimum atomic E-state index is -4.50. The molecule has 0 radical (unpaired) electrons. The molecule has 3 aromatic rings. The van der Waals surface area contributed by atoms with E-state index in [1.165, 1.54) is 23.3 Å². The van der Waals surface area contributed by atoms with Crippen molar-refractivity contribution in [3.8, 4) is 0 Å². The van der Waals surface area contributed by atoms with Crippen molar-refractivity contribution in [1.82, 2.24) is 10.2 Å². The van der Waals surface area contributed by atoms with E-state index in [9.17, 15) is 22.8 Å². The fourth-order valence-corrected chi connectivity index (χ4v) is 3.99. The molecular weight excluding hydrogens is 421 g/mol. The van der Waals surface area contributed by atoms with Gasteiger partial charge >= 0.3 is 6.18 Å². The van der Waals surface area contributed by atoms with Crippen molar-refractivity contribution in [2.45, 2.75) is 18.6 Å². The van der Waals surface area contributed by atoms with Gasteiger partial charge in [-0.15, -0.1) is 0 Å². The van der Waals surface area contributed by atoms with E-state index in [0.717, 1.165) is 17.7 Å². The second kappa shape index (κ2) is 8.90. The molecule has 8 heteroatoms. The Labute approximate surface area is 182 Å². The summed E-state index contributed by atoms with van der Waals surface area (Å²) < 4.78 is 44.9. The predicted octanol–water partition coefficient (Wildman–Crippen LogP) is 4.47. The predicted molar refractivity (Wildman–Crippen MR) is 111 cm³/mol. The Morgan fingerprint density at radius 1 is 1.00 bits per heavy atom. The van der Waals surface area contributed by atoms with E-state index in [2.05, 4.69) is 5.32 Å². The number of carbonyl (C=O) groups is 2. The number of carbonyl (C=O) groups excluding carboxylic acids is 2. The Morgan fingerprint density at radius 3 is 2.47 bits per heavy atom. The number of rotatable bonds is 5. The maximum absolute atomic E-state index is 13.3. The van der Waals surface area contributed by atoms with Gasteiger partial charge in [-0.3, -0.25) is 9.59 Å². The third kappa shape index (κ3) is 4.69. The van der Waals surface area contributed by atoms with Crippen molar-refractivity contribution < 1.29 is 27.2 Å². The number of halogens is 3. The minimum absolute atomic E-state index is 0.0844. The average Bonchev–Trinajstić information content (AvgIpc) is 3.48. The van der Waals surface area contributed by atoms with Crippen molar-refractivity contribution >= 4 is 11.8 Å². The molecule has 5 nitrogen and oxygen atoms in total. The maximum atomic E-state index is 13.3. The first-order valence-electron chi connectivity index (χ1n) is 10.1. The summed E-state index contributed by atoms with van der Waals surface area (Å²) in [4.78, 5) is 27.3. The molecule has 1 aliphatic heterocycles. The maximum Gasteiger partial charge on any atom is 0.416 e. The highest BCUT2D eigenvalue weighted by molar-refractivity contribution is 5.92. The van der Waals surface area contributed by atoms with Gasteiger partial charge in [-0.1, -0.05) is 48.5 Å². The van der Waals surface area contributed by atoms with Crippen LogP contribution in [0.3, 0.4) is 0 Å². The van der Waals surface area contributed by atoms with Gasteiger partial charge in [-0.25, -0.2) is 0 Å². The standard InChI is InChI=1S/C24H21F3N2O3/c25-24(26,27)18-9-4-8-17(12-18)19-14-29(23(31)21-10-5-11-32-21)15-20(19)22(30)28-13-16-6-2-1-3-7-16/h1-12,19-20H,13-15H2,(H,28,30). The molecular formula is C24H21F3N2O3. The quantitative estimate of drug-likeness (QED) is 0.634. The molecule has 2 unspecified atom stereocenters. The van der Waals surface area contributed by atoms with Crippen LogP contribution in [0, 0.1) is 5.92 Å². The van der Waals surface area contributed by atoms with Crippen LogP contribution in [0.5, 0.6) is 0 Å². The van der Waals surface area contributed by atoms with E-state index in [1.54, 1.807) is 12.1 Å². The Morgan fingerprint density at radius 2 is 1.78 bits per heavy atom. The molecule has 1 saturated heterocycles. The highest BCUT2D eigenvalue weighted by Gasteiger charge is 2.42. The molecule has 166 valence electrons. The molecule has 1 N–H and O–H groups in total. The molecule has 4 rings (SSSR count). The van der Waals surface area contributed by atoms with Crippen LogP contribution < -0.4 is 5.32 Å². The summed E-state index contributed by atoms with van der Waals surface area (Å²) in [7, 11) is 0. The first kappa shape index (κ1) is 21.7. The van der Waals surface area contributed by atoms with Crippen molar-refractivity contribution in [2.24, 2.45) is 5.92 Å². The van der Waals surface area contributed by atoms with E-state index < -0.39 is 29.5 Å². The Hall–Kier alpha value is -3.55. The number of nitrogens with zero attached hydrogens (tertiary/aromatic N) is 1. The molecule has 2 aromatic carbocycles. The van der Waals surface area contributed by atoms with Gasteiger partial charge in [-0.2, -0.15) is 13.2 Å². The molecule has 1 aliphatic rings. The van der Waals surface area contributed by atoms with Crippen LogP contribution in [0.4, 0.5) is 13.2 Å². The summed E-state index contributed by atoms with van der Waals surface area (Å²) in [6, 6.07) is 17.4. The fourth-order valence-electron chi connectivity index (χ4n) is 3.99. The zero-order valence-corrected chi connectivity index (χ0v) is 17.0. The molecule has 2 atom stereocenters. The number of hydrogen-bond donors (Lipinski definition) is 1. The summed E-state index contributed by atoms with van der Waals surface area (Å²) in [5, 5.41) is 2.86. The van der Waals surface area contributed by atoms with Crippen LogP contribution in [0.1, 0.15) is 33.2 Å². The second-order valence-corrected chi connectivity index (χ2v) is 7.73. The number of nitrogens with one attached hydrogen (secondary N) is 1. The lowest BCUT2D eigenvalue weighted by molar-refractivity contribution is -0.137. The molecule has 2 amide bonds. The van der Waals surface area contributed by atoms with Crippen LogP contribution in [0.2, 0.25) is 0 Å². The summed E-state index contributed by atoms with van der Waals surface area (Å²) in [5.41, 5.74) is 0.488. The van der Waals surface area contributed by atoms with Gasteiger partial charge in [0.1, 0.15) is 0 Å². The van der Waals surface area contributed by atoms with Crippen molar-refractivity contribution in [3.05, 3.63) is 95.4 Å². The number of likely N-dealkylation sites (tertiary alicyclic amines) is 1. The van der Waals surface area contributed by atoms with Crippen molar-refractivity contribution in [1.29, 1.82) is 0 Å². The molecule has 2 heterocycles. The van der Waals surface area contributed by atoms with E-state index in [0.29, 0.717) is 5.56 Å². The normalized spacial score (nSPS) is 18.5. The second-order valence-electron chi connectivity index (χ2n) is 7.73. The lowest BCUT2D eigenvalue weighted by atomic mass is 9.87. The van der Waals surface area contributed by atoms with E-state index >= 15 is 0 Å².